The highest BCUT2D eigenvalue weighted by atomic mass is 31.2. The summed E-state index contributed by atoms with van der Waals surface area (Å²) in [5.41, 5.74) is 0. The summed E-state index contributed by atoms with van der Waals surface area (Å²) in [6.45, 7) is 4.62. The Balaban J connectivity index is 5.33. The van der Waals surface area contributed by atoms with Crippen molar-refractivity contribution in [2.24, 2.45) is 0 Å². The molecule has 0 saturated heterocycles. The van der Waals surface area contributed by atoms with E-state index in [9.17, 15) is 43.2 Å². The summed E-state index contributed by atoms with van der Waals surface area (Å²) in [6.07, 6.45) is 70.0. The predicted octanol–water partition coefficient (Wildman–Crippen LogP) is 21.4. The van der Waals surface area contributed by atoms with Crippen LogP contribution in [0.2, 0.25) is 0 Å². The summed E-state index contributed by atoms with van der Waals surface area (Å²) in [5, 5.41) is 10.6. The predicted molar refractivity (Wildman–Crippen MR) is 390 cm³/mol. The fourth-order valence-electron chi connectivity index (χ4n) is 10.1. The van der Waals surface area contributed by atoms with E-state index in [2.05, 4.69) is 113 Å². The third-order valence-corrected chi connectivity index (χ3v) is 17.7. The van der Waals surface area contributed by atoms with E-state index in [1.165, 1.54) is 51.4 Å². The molecule has 0 aromatic carbocycles. The second-order valence-corrected chi connectivity index (χ2v) is 28.1. The first-order valence-corrected chi connectivity index (χ1v) is 40.8. The van der Waals surface area contributed by atoms with Crippen LogP contribution in [-0.4, -0.2) is 96.7 Å². The average molecular weight is 1400 g/mol. The van der Waals surface area contributed by atoms with Crippen LogP contribution in [0.15, 0.2) is 85.1 Å². The van der Waals surface area contributed by atoms with Crippen LogP contribution in [0.1, 0.15) is 323 Å². The number of aliphatic hydroxyl groups is 1. The van der Waals surface area contributed by atoms with Crippen LogP contribution in [0.25, 0.3) is 0 Å². The first-order chi connectivity index (χ1) is 46.7. The van der Waals surface area contributed by atoms with E-state index in [0.29, 0.717) is 25.7 Å². The van der Waals surface area contributed by atoms with Crippen LogP contribution in [0.5, 0.6) is 0 Å². The van der Waals surface area contributed by atoms with E-state index in [1.807, 2.05) is 0 Å². The molecule has 0 bridgehead atoms. The van der Waals surface area contributed by atoms with Crippen molar-refractivity contribution in [3.05, 3.63) is 85.1 Å². The molecule has 0 heterocycles. The molecule has 0 aliphatic heterocycles. The van der Waals surface area contributed by atoms with Crippen LogP contribution >= 0.6 is 15.6 Å². The molecule has 0 aliphatic carbocycles. The second-order valence-electron chi connectivity index (χ2n) is 25.2. The van der Waals surface area contributed by atoms with Crippen LogP contribution in [0.4, 0.5) is 0 Å². The molecule has 0 aromatic rings. The van der Waals surface area contributed by atoms with Gasteiger partial charge in [-0.15, -0.1) is 0 Å². The number of allylic oxidation sites excluding steroid dienone is 14. The fourth-order valence-corrected chi connectivity index (χ4v) is 11.7. The molecule has 5 unspecified atom stereocenters. The van der Waals surface area contributed by atoms with Gasteiger partial charge in [-0.05, 0) is 109 Å². The van der Waals surface area contributed by atoms with Crippen molar-refractivity contribution in [1.82, 2.24) is 0 Å². The molecule has 556 valence electrons. The fraction of sp³-hybridized carbons (Fsp3) is 0.766. The van der Waals surface area contributed by atoms with E-state index in [1.54, 1.807) is 0 Å². The molecular formula is C77H136O17P2. The minimum Gasteiger partial charge on any atom is -0.462 e. The molecule has 0 amide bonds. The Hall–Kier alpha value is -3.76. The maximum atomic E-state index is 13.1. The summed E-state index contributed by atoms with van der Waals surface area (Å²) in [7, 11) is -9.95. The van der Waals surface area contributed by atoms with Crippen molar-refractivity contribution >= 4 is 39.5 Å². The molecule has 0 aliphatic rings. The van der Waals surface area contributed by atoms with E-state index in [4.69, 9.17) is 37.0 Å². The van der Waals surface area contributed by atoms with Crippen LogP contribution in [-0.2, 0) is 65.4 Å². The van der Waals surface area contributed by atoms with E-state index < -0.39 is 97.5 Å². The number of phosphoric ester groups is 2. The normalized spacial score (nSPS) is 14.4. The van der Waals surface area contributed by atoms with Gasteiger partial charge in [0.25, 0.3) is 0 Å². The molecule has 0 spiro atoms. The number of carbonyl (C=O) groups is 4. The van der Waals surface area contributed by atoms with Crippen molar-refractivity contribution in [2.45, 2.75) is 341 Å². The molecule has 0 fully saturated rings. The van der Waals surface area contributed by atoms with Gasteiger partial charge in [-0.25, -0.2) is 9.13 Å². The average Bonchev–Trinajstić information content (AvgIpc) is 3.12. The third kappa shape index (κ3) is 68.8. The Morgan fingerprint density at radius 1 is 0.302 bits per heavy atom. The van der Waals surface area contributed by atoms with Crippen molar-refractivity contribution in [2.75, 3.05) is 39.6 Å². The molecule has 17 nitrogen and oxygen atoms in total. The molecule has 0 rings (SSSR count). The zero-order valence-corrected chi connectivity index (χ0v) is 62.3. The number of rotatable bonds is 71. The Kier molecular flexibility index (Phi) is 67.0. The summed E-state index contributed by atoms with van der Waals surface area (Å²) >= 11 is 0. The molecular weight excluding hydrogens is 1260 g/mol. The number of carbonyl (C=O) groups excluding carboxylic acids is 4. The molecule has 0 saturated carbocycles. The number of aliphatic hydroxyl groups excluding tert-OH is 1. The lowest BCUT2D eigenvalue weighted by Gasteiger charge is -2.21. The highest BCUT2D eigenvalue weighted by molar-refractivity contribution is 7.47. The number of hydrogen-bond donors (Lipinski definition) is 3. The maximum Gasteiger partial charge on any atom is 0.472 e. The number of esters is 4. The zero-order chi connectivity index (χ0) is 70.4. The minimum absolute atomic E-state index is 0.0774. The topological polar surface area (TPSA) is 237 Å². The van der Waals surface area contributed by atoms with Gasteiger partial charge < -0.3 is 33.8 Å². The minimum atomic E-state index is -4.98. The smallest absolute Gasteiger partial charge is 0.462 e. The Morgan fingerprint density at radius 3 is 0.875 bits per heavy atom. The lowest BCUT2D eigenvalue weighted by molar-refractivity contribution is -0.161. The largest absolute Gasteiger partial charge is 0.472 e. The van der Waals surface area contributed by atoms with Gasteiger partial charge in [0.1, 0.15) is 19.3 Å². The highest BCUT2D eigenvalue weighted by Crippen LogP contribution is 2.45. The highest BCUT2D eigenvalue weighted by Gasteiger charge is 2.30. The van der Waals surface area contributed by atoms with Gasteiger partial charge in [0.05, 0.1) is 26.4 Å². The standard InChI is InChI=1S/C77H136O17P2/c1-5-9-13-17-21-25-29-33-34-35-36-40-42-46-50-54-58-62-75(80)88-68-73(94-77(82)64-60-56-52-48-44-39-32-28-24-20-16-12-8-4)70-92-96(85,86)90-66-71(78)65-89-95(83,84)91-69-72(93-76(81)63-59-55-51-47-43-38-31-27-23-19-15-11-7-3)67-87-74(79)61-57-53-49-45-41-37-30-26-22-18-14-10-6-2/h9,13-14,16,18,20-21,25-26,28,30,32-34,71-73,78H,5-8,10-12,15,17,19,22-24,27,29,31,35-70H2,1-4H3,(H,83,84)(H,85,86)/b13-9-,18-14-,20-16-,25-21-,30-26-,32-28-,34-33-. The lowest BCUT2D eigenvalue weighted by Crippen LogP contribution is -2.30. The van der Waals surface area contributed by atoms with Gasteiger partial charge in [-0.1, -0.05) is 273 Å². The van der Waals surface area contributed by atoms with Gasteiger partial charge in [0, 0.05) is 25.7 Å². The Labute approximate surface area is 583 Å². The molecule has 5 atom stereocenters. The first kappa shape index (κ1) is 92.2. The first-order valence-electron chi connectivity index (χ1n) is 37.8. The van der Waals surface area contributed by atoms with Crippen LogP contribution in [0.3, 0.4) is 0 Å². The summed E-state index contributed by atoms with van der Waals surface area (Å²) < 4.78 is 68.4. The second kappa shape index (κ2) is 69.7. The van der Waals surface area contributed by atoms with Gasteiger partial charge in [0.2, 0.25) is 0 Å². The maximum absolute atomic E-state index is 13.1. The van der Waals surface area contributed by atoms with Crippen molar-refractivity contribution < 1.29 is 80.2 Å². The molecule has 0 radical (unpaired) electrons. The molecule has 96 heavy (non-hydrogen) atoms. The summed E-state index contributed by atoms with van der Waals surface area (Å²) in [6, 6.07) is 0. The van der Waals surface area contributed by atoms with E-state index in [0.717, 1.165) is 193 Å². The van der Waals surface area contributed by atoms with Crippen LogP contribution in [0, 0.1) is 0 Å². The number of hydrogen-bond acceptors (Lipinski definition) is 15. The SMILES string of the molecule is CC/C=C\C/C=C\C/C=C\CCCCCCCCCC(=O)OCC(COP(=O)(O)OCC(O)COP(=O)(O)OCC(COC(=O)CCCCCCC/C=C\C/C=C\CCC)OC(=O)CCCCCCCCCCCCCCC)OC(=O)CCCCCCC/C=C\C/C=C\CCC. The number of ether oxygens (including phenoxy) is 4. The zero-order valence-electron chi connectivity index (χ0n) is 60.5. The Morgan fingerprint density at radius 2 is 0.562 bits per heavy atom. The van der Waals surface area contributed by atoms with Crippen molar-refractivity contribution in [3.63, 3.8) is 0 Å². The Bertz CT molecular complexity index is 2160. The van der Waals surface area contributed by atoms with Gasteiger partial charge in [-0.3, -0.25) is 37.3 Å². The number of phosphoric acid groups is 2. The third-order valence-electron chi connectivity index (χ3n) is 15.8. The van der Waals surface area contributed by atoms with E-state index in [-0.39, 0.29) is 25.7 Å². The van der Waals surface area contributed by atoms with Crippen LogP contribution < -0.4 is 0 Å². The number of unbranched alkanes of at least 4 members (excludes halogenated alkanes) is 31. The summed E-state index contributed by atoms with van der Waals surface area (Å²) in [5.74, 6) is -2.20. The monoisotopic (exact) mass is 1390 g/mol. The van der Waals surface area contributed by atoms with Gasteiger partial charge >= 0.3 is 39.5 Å². The molecule has 19 heteroatoms. The van der Waals surface area contributed by atoms with Gasteiger partial charge in [0.15, 0.2) is 12.2 Å². The quantitative estimate of drug-likeness (QED) is 0.0169. The van der Waals surface area contributed by atoms with Gasteiger partial charge in [-0.2, -0.15) is 0 Å². The van der Waals surface area contributed by atoms with E-state index >= 15 is 0 Å². The summed E-state index contributed by atoms with van der Waals surface area (Å²) in [4.78, 5) is 72.8. The lowest BCUT2D eigenvalue weighted by atomic mass is 10.0. The van der Waals surface area contributed by atoms with Crippen molar-refractivity contribution in [3.8, 4) is 0 Å². The van der Waals surface area contributed by atoms with Crippen molar-refractivity contribution in [1.29, 1.82) is 0 Å². The molecule has 3 N–H and O–H groups in total. The molecule has 0 aromatic heterocycles.